The molecule has 0 radical (unpaired) electrons. The van der Waals surface area contributed by atoms with Crippen LogP contribution in [0, 0.1) is 0 Å². The zero-order chi connectivity index (χ0) is 9.84. The minimum Gasteiger partial charge on any atom is -0.459 e. The van der Waals surface area contributed by atoms with Gasteiger partial charge in [-0.1, -0.05) is 6.58 Å². The number of carbonyl (C=O) groups is 1. The van der Waals surface area contributed by atoms with Crippen molar-refractivity contribution in [3.63, 3.8) is 0 Å². The number of halogens is 2. The molecule has 0 aromatic carbocycles. The molecule has 1 rings (SSSR count). The van der Waals surface area contributed by atoms with Crippen LogP contribution >= 0.6 is 11.6 Å². The van der Waals surface area contributed by atoms with Gasteiger partial charge in [0.05, 0.1) is 5.38 Å². The third-order valence-electron chi connectivity index (χ3n) is 2.09. The summed E-state index contributed by atoms with van der Waals surface area (Å²) in [5, 5.41) is -0.432. The van der Waals surface area contributed by atoms with Crippen molar-refractivity contribution in [2.75, 3.05) is 0 Å². The number of hydrogen-bond acceptors (Lipinski definition) is 2. The van der Waals surface area contributed by atoms with Crippen LogP contribution in [0.2, 0.25) is 0 Å². The second-order valence-electron chi connectivity index (χ2n) is 3.11. The first-order valence-electron chi connectivity index (χ1n) is 4.24. The van der Waals surface area contributed by atoms with Crippen molar-refractivity contribution in [1.82, 2.24) is 0 Å². The van der Waals surface area contributed by atoms with Crippen molar-refractivity contribution in [3.05, 3.63) is 12.7 Å². The number of ether oxygens (including phenoxy) is 1. The van der Waals surface area contributed by atoms with E-state index in [4.69, 9.17) is 16.3 Å². The monoisotopic (exact) mass is 206 g/mol. The Morgan fingerprint density at radius 2 is 2.31 bits per heavy atom. The van der Waals surface area contributed by atoms with Crippen molar-refractivity contribution in [2.24, 2.45) is 0 Å². The molecule has 1 aliphatic rings. The van der Waals surface area contributed by atoms with E-state index in [1.807, 2.05) is 0 Å². The molecule has 0 bridgehead atoms. The number of rotatable bonds is 2. The highest BCUT2D eigenvalue weighted by Crippen LogP contribution is 2.27. The summed E-state index contributed by atoms with van der Waals surface area (Å²) in [4.78, 5) is 10.8. The van der Waals surface area contributed by atoms with Gasteiger partial charge in [0.25, 0.3) is 0 Å². The molecule has 13 heavy (non-hydrogen) atoms. The Morgan fingerprint density at radius 1 is 1.62 bits per heavy atom. The second kappa shape index (κ2) is 4.61. The average Bonchev–Trinajstić information content (AvgIpc) is 2.11. The average molecular weight is 207 g/mol. The molecule has 3 atom stereocenters. The van der Waals surface area contributed by atoms with E-state index in [1.54, 1.807) is 0 Å². The molecule has 0 aliphatic heterocycles. The van der Waals surface area contributed by atoms with E-state index in [9.17, 15) is 9.18 Å². The summed E-state index contributed by atoms with van der Waals surface area (Å²) in [6.07, 6.45) is 1.06. The van der Waals surface area contributed by atoms with E-state index >= 15 is 0 Å². The van der Waals surface area contributed by atoms with E-state index < -0.39 is 17.5 Å². The standard InChI is InChI=1S/C9H12ClFO2/c1-2-9(12)13-6-3-4-7(10)8(11)5-6/h2,6-8H,1,3-5H2. The molecular formula is C9H12ClFO2. The molecule has 4 heteroatoms. The molecule has 1 aliphatic carbocycles. The normalized spacial score (nSPS) is 33.8. The van der Waals surface area contributed by atoms with Gasteiger partial charge in [0.2, 0.25) is 0 Å². The summed E-state index contributed by atoms with van der Waals surface area (Å²) in [6, 6.07) is 0. The van der Waals surface area contributed by atoms with Gasteiger partial charge in [-0.2, -0.15) is 0 Å². The fraction of sp³-hybridized carbons (Fsp3) is 0.667. The summed E-state index contributed by atoms with van der Waals surface area (Å²) in [7, 11) is 0. The third-order valence-corrected chi connectivity index (χ3v) is 2.59. The van der Waals surface area contributed by atoms with Crippen molar-refractivity contribution >= 4 is 17.6 Å². The van der Waals surface area contributed by atoms with Crippen LogP contribution in [0.25, 0.3) is 0 Å². The van der Waals surface area contributed by atoms with Gasteiger partial charge in [-0.05, 0) is 12.8 Å². The first-order valence-corrected chi connectivity index (χ1v) is 4.68. The highest BCUT2D eigenvalue weighted by atomic mass is 35.5. The molecular weight excluding hydrogens is 195 g/mol. The molecule has 0 saturated heterocycles. The number of hydrogen-bond donors (Lipinski definition) is 0. The molecule has 3 unspecified atom stereocenters. The van der Waals surface area contributed by atoms with Crippen molar-refractivity contribution in [2.45, 2.75) is 36.9 Å². The Labute approximate surface area is 81.7 Å². The van der Waals surface area contributed by atoms with Crippen molar-refractivity contribution < 1.29 is 13.9 Å². The van der Waals surface area contributed by atoms with Gasteiger partial charge in [-0.15, -0.1) is 11.6 Å². The summed E-state index contributed by atoms with van der Waals surface area (Å²) >= 11 is 5.67. The largest absolute Gasteiger partial charge is 0.459 e. The number of carbonyl (C=O) groups excluding carboxylic acids is 1. The maximum atomic E-state index is 13.0. The Hall–Kier alpha value is -0.570. The zero-order valence-electron chi connectivity index (χ0n) is 7.21. The Kier molecular flexibility index (Phi) is 3.72. The smallest absolute Gasteiger partial charge is 0.330 e. The van der Waals surface area contributed by atoms with Gasteiger partial charge >= 0.3 is 5.97 Å². The fourth-order valence-corrected chi connectivity index (χ4v) is 1.59. The highest BCUT2D eigenvalue weighted by Gasteiger charge is 2.30. The molecule has 0 aromatic rings. The molecule has 0 aromatic heterocycles. The van der Waals surface area contributed by atoms with Crippen LogP contribution in [-0.2, 0) is 9.53 Å². The van der Waals surface area contributed by atoms with Gasteiger partial charge in [0.15, 0.2) is 0 Å². The van der Waals surface area contributed by atoms with Crippen molar-refractivity contribution in [1.29, 1.82) is 0 Å². The van der Waals surface area contributed by atoms with Crippen LogP contribution in [0.1, 0.15) is 19.3 Å². The SMILES string of the molecule is C=CC(=O)OC1CCC(Cl)C(F)C1. The summed E-state index contributed by atoms with van der Waals surface area (Å²) in [5.74, 6) is -0.495. The fourth-order valence-electron chi connectivity index (χ4n) is 1.36. The topological polar surface area (TPSA) is 26.3 Å². The predicted octanol–water partition coefficient (Wildman–Crippen LogP) is 2.21. The molecule has 0 amide bonds. The van der Waals surface area contributed by atoms with E-state index in [0.29, 0.717) is 12.8 Å². The number of esters is 1. The molecule has 0 N–H and O–H groups in total. The van der Waals surface area contributed by atoms with Crippen LogP contribution in [0.5, 0.6) is 0 Å². The lowest BCUT2D eigenvalue weighted by molar-refractivity contribution is -0.145. The van der Waals surface area contributed by atoms with E-state index in [2.05, 4.69) is 6.58 Å². The highest BCUT2D eigenvalue weighted by molar-refractivity contribution is 6.21. The minimum atomic E-state index is -1.07. The number of alkyl halides is 2. The van der Waals surface area contributed by atoms with E-state index in [-0.39, 0.29) is 12.5 Å². The Balaban J connectivity index is 2.37. The van der Waals surface area contributed by atoms with Crippen LogP contribution in [-0.4, -0.2) is 23.6 Å². The summed E-state index contributed by atoms with van der Waals surface area (Å²) in [6.45, 7) is 3.27. The Bertz CT molecular complexity index is 208. The zero-order valence-corrected chi connectivity index (χ0v) is 7.97. The third kappa shape index (κ3) is 2.99. The van der Waals surface area contributed by atoms with Gasteiger partial charge in [-0.3, -0.25) is 0 Å². The van der Waals surface area contributed by atoms with Gasteiger partial charge in [-0.25, -0.2) is 9.18 Å². The molecule has 74 valence electrons. The predicted molar refractivity (Wildman–Crippen MR) is 48.5 cm³/mol. The van der Waals surface area contributed by atoms with Crippen LogP contribution in [0.3, 0.4) is 0 Å². The molecule has 2 nitrogen and oxygen atoms in total. The van der Waals surface area contributed by atoms with Crippen LogP contribution < -0.4 is 0 Å². The first kappa shape index (κ1) is 10.5. The van der Waals surface area contributed by atoms with Crippen LogP contribution in [0.4, 0.5) is 4.39 Å². The first-order chi connectivity index (χ1) is 6.13. The van der Waals surface area contributed by atoms with E-state index in [1.165, 1.54) is 0 Å². The summed E-state index contributed by atoms with van der Waals surface area (Å²) < 4.78 is 17.9. The van der Waals surface area contributed by atoms with Gasteiger partial charge < -0.3 is 4.74 Å². The lowest BCUT2D eigenvalue weighted by atomic mass is 9.95. The van der Waals surface area contributed by atoms with Gasteiger partial charge in [0.1, 0.15) is 12.3 Å². The second-order valence-corrected chi connectivity index (χ2v) is 3.67. The summed E-state index contributed by atoms with van der Waals surface area (Å²) in [5.41, 5.74) is 0. The maximum Gasteiger partial charge on any atom is 0.330 e. The lowest BCUT2D eigenvalue weighted by Crippen LogP contribution is -2.32. The molecule has 0 heterocycles. The molecule has 1 fully saturated rings. The van der Waals surface area contributed by atoms with E-state index in [0.717, 1.165) is 6.08 Å². The van der Waals surface area contributed by atoms with Crippen LogP contribution in [0.15, 0.2) is 12.7 Å². The quantitative estimate of drug-likeness (QED) is 0.394. The minimum absolute atomic E-state index is 0.202. The maximum absolute atomic E-state index is 13.0. The van der Waals surface area contributed by atoms with Crippen molar-refractivity contribution in [3.8, 4) is 0 Å². The molecule has 0 spiro atoms. The Morgan fingerprint density at radius 3 is 2.85 bits per heavy atom. The lowest BCUT2D eigenvalue weighted by Gasteiger charge is -2.27. The van der Waals surface area contributed by atoms with Gasteiger partial charge in [0, 0.05) is 12.5 Å². The molecule has 1 saturated carbocycles.